The summed E-state index contributed by atoms with van der Waals surface area (Å²) in [6.07, 6.45) is 1.98. The maximum Gasteiger partial charge on any atom is 0.223 e. The lowest BCUT2D eigenvalue weighted by Crippen LogP contribution is -2.47. The van der Waals surface area contributed by atoms with Crippen molar-refractivity contribution in [3.05, 3.63) is 70.5 Å². The summed E-state index contributed by atoms with van der Waals surface area (Å²) in [5, 5.41) is 0.648. The highest BCUT2D eigenvalue weighted by atomic mass is 35.5. The molecule has 0 spiro atoms. The number of amides is 1. The van der Waals surface area contributed by atoms with E-state index in [2.05, 4.69) is 13.8 Å². The largest absolute Gasteiger partial charge is 0.375 e. The maximum atomic E-state index is 13.4. The Morgan fingerprint density at radius 1 is 1.18 bits per heavy atom. The summed E-state index contributed by atoms with van der Waals surface area (Å²) >= 11 is 6.03. The van der Waals surface area contributed by atoms with Crippen LogP contribution in [0.5, 0.6) is 0 Å². The summed E-state index contributed by atoms with van der Waals surface area (Å²) in [6, 6.07) is 14.0. The summed E-state index contributed by atoms with van der Waals surface area (Å²) in [7, 11) is 1.87. The van der Waals surface area contributed by atoms with Crippen molar-refractivity contribution in [1.82, 2.24) is 4.90 Å². The average molecular weight is 404 g/mol. The third-order valence-electron chi connectivity index (χ3n) is 5.54. The third kappa shape index (κ3) is 5.12. The van der Waals surface area contributed by atoms with Crippen molar-refractivity contribution in [3.63, 3.8) is 0 Å². The van der Waals surface area contributed by atoms with Gasteiger partial charge in [-0.15, -0.1) is 0 Å². The Balaban J connectivity index is 1.81. The highest BCUT2D eigenvalue weighted by molar-refractivity contribution is 6.30. The molecular weight excluding hydrogens is 377 g/mol. The maximum absolute atomic E-state index is 13.4. The first-order valence-electron chi connectivity index (χ1n) is 9.66. The summed E-state index contributed by atoms with van der Waals surface area (Å²) < 4.78 is 19.2. The van der Waals surface area contributed by atoms with E-state index in [1.807, 2.05) is 36.2 Å². The molecule has 1 fully saturated rings. The van der Waals surface area contributed by atoms with Gasteiger partial charge in [0.05, 0.1) is 5.60 Å². The molecule has 3 rings (SSSR count). The second-order valence-electron chi connectivity index (χ2n) is 8.12. The fourth-order valence-electron chi connectivity index (χ4n) is 3.87. The van der Waals surface area contributed by atoms with Gasteiger partial charge in [-0.1, -0.05) is 35.9 Å². The summed E-state index contributed by atoms with van der Waals surface area (Å²) in [5.74, 6) is -0.362. The van der Waals surface area contributed by atoms with Gasteiger partial charge in [0.25, 0.3) is 0 Å². The van der Waals surface area contributed by atoms with Crippen molar-refractivity contribution >= 4 is 17.5 Å². The average Bonchev–Trinajstić information content (AvgIpc) is 2.66. The molecule has 28 heavy (non-hydrogen) atoms. The molecule has 0 saturated carbocycles. The summed E-state index contributed by atoms with van der Waals surface area (Å²) in [4.78, 5) is 15.0. The molecule has 0 bridgehead atoms. The van der Waals surface area contributed by atoms with Gasteiger partial charge in [-0.2, -0.15) is 0 Å². The number of carbonyl (C=O) groups excluding carboxylic acids is 1. The minimum Gasteiger partial charge on any atom is -0.375 e. The van der Waals surface area contributed by atoms with Crippen LogP contribution in [0.1, 0.15) is 50.2 Å². The molecule has 0 aliphatic carbocycles. The van der Waals surface area contributed by atoms with Gasteiger partial charge in [-0.05, 0) is 62.1 Å². The number of ether oxygens (including phenoxy) is 1. The van der Waals surface area contributed by atoms with Crippen LogP contribution in [0.4, 0.5) is 4.39 Å². The van der Waals surface area contributed by atoms with E-state index in [1.165, 1.54) is 12.1 Å². The van der Waals surface area contributed by atoms with Crippen LogP contribution in [-0.2, 0) is 9.53 Å². The number of nitrogens with zero attached hydrogens (tertiary/aromatic N) is 1. The molecule has 0 N–H and O–H groups in total. The molecule has 0 radical (unpaired) electrons. The van der Waals surface area contributed by atoms with Gasteiger partial charge in [0, 0.05) is 37.1 Å². The molecular formula is C23H27ClFNO2. The monoisotopic (exact) mass is 403 g/mol. The lowest BCUT2D eigenvalue weighted by Gasteiger charge is -2.40. The predicted molar refractivity (Wildman–Crippen MR) is 110 cm³/mol. The van der Waals surface area contributed by atoms with E-state index in [-0.39, 0.29) is 29.3 Å². The van der Waals surface area contributed by atoms with Crippen molar-refractivity contribution < 1.29 is 13.9 Å². The van der Waals surface area contributed by atoms with Crippen LogP contribution in [0.25, 0.3) is 0 Å². The van der Waals surface area contributed by atoms with Gasteiger partial charge >= 0.3 is 0 Å². The Bertz CT molecular complexity index is 759. The summed E-state index contributed by atoms with van der Waals surface area (Å²) in [5.41, 5.74) is 1.69. The Labute approximate surface area is 171 Å². The van der Waals surface area contributed by atoms with E-state index in [0.29, 0.717) is 18.1 Å². The van der Waals surface area contributed by atoms with Gasteiger partial charge in [0.2, 0.25) is 5.91 Å². The molecule has 3 nitrogen and oxygen atoms in total. The van der Waals surface area contributed by atoms with Crippen molar-refractivity contribution in [2.24, 2.45) is 0 Å². The first-order chi connectivity index (χ1) is 13.2. The number of rotatable bonds is 5. The highest BCUT2D eigenvalue weighted by Gasteiger charge is 2.33. The fourth-order valence-corrected chi connectivity index (χ4v) is 4.00. The Morgan fingerprint density at radius 3 is 2.32 bits per heavy atom. The van der Waals surface area contributed by atoms with Crippen molar-refractivity contribution in [2.75, 3.05) is 13.7 Å². The zero-order valence-corrected chi connectivity index (χ0v) is 17.4. The standard InChI is InChI=1S/C23H27ClFNO2/c1-23(2)15-20(12-13-28-23)26(3)22(27)14-21(16-4-8-18(24)9-5-16)17-6-10-19(25)11-7-17/h4-11,20-21H,12-15H2,1-3H3/t20-,21-/m1/s1. The van der Waals surface area contributed by atoms with Gasteiger partial charge in [0.1, 0.15) is 5.82 Å². The molecule has 0 aromatic heterocycles. The molecule has 1 amide bonds. The van der Waals surface area contributed by atoms with E-state index in [9.17, 15) is 9.18 Å². The fraction of sp³-hybridized carbons (Fsp3) is 0.435. The topological polar surface area (TPSA) is 29.5 Å². The molecule has 2 aromatic rings. The van der Waals surface area contributed by atoms with Crippen LogP contribution in [0, 0.1) is 5.82 Å². The van der Waals surface area contributed by atoms with E-state index in [4.69, 9.17) is 16.3 Å². The van der Waals surface area contributed by atoms with Crippen LogP contribution in [0.2, 0.25) is 5.02 Å². The van der Waals surface area contributed by atoms with Gasteiger partial charge < -0.3 is 9.64 Å². The van der Waals surface area contributed by atoms with Crippen LogP contribution in [-0.4, -0.2) is 36.1 Å². The Morgan fingerprint density at radius 2 is 1.75 bits per heavy atom. The zero-order valence-electron chi connectivity index (χ0n) is 16.6. The van der Waals surface area contributed by atoms with Crippen LogP contribution >= 0.6 is 11.6 Å². The minimum atomic E-state index is -0.286. The first kappa shape index (κ1) is 20.8. The van der Waals surface area contributed by atoms with Crippen LogP contribution in [0.15, 0.2) is 48.5 Å². The van der Waals surface area contributed by atoms with Gasteiger partial charge in [-0.3, -0.25) is 4.79 Å². The predicted octanol–water partition coefficient (Wildman–Crippen LogP) is 5.42. The SMILES string of the molecule is CN(C(=O)C[C@@H](c1ccc(F)cc1)c1ccc(Cl)cc1)[C@@H]1CCOC(C)(C)C1. The molecule has 1 aliphatic heterocycles. The number of benzene rings is 2. The molecule has 1 heterocycles. The smallest absolute Gasteiger partial charge is 0.223 e. The second-order valence-corrected chi connectivity index (χ2v) is 8.56. The molecule has 150 valence electrons. The van der Waals surface area contributed by atoms with E-state index in [1.54, 1.807) is 12.1 Å². The lowest BCUT2D eigenvalue weighted by atomic mass is 9.87. The van der Waals surface area contributed by atoms with Crippen LogP contribution in [0.3, 0.4) is 0 Å². The quantitative estimate of drug-likeness (QED) is 0.667. The summed E-state index contributed by atoms with van der Waals surface area (Å²) in [6.45, 7) is 4.78. The van der Waals surface area contributed by atoms with Crippen molar-refractivity contribution in [2.45, 2.75) is 50.7 Å². The lowest BCUT2D eigenvalue weighted by molar-refractivity contribution is -0.138. The molecule has 2 atom stereocenters. The third-order valence-corrected chi connectivity index (χ3v) is 5.79. The Kier molecular flexibility index (Phi) is 6.41. The molecule has 2 aromatic carbocycles. The highest BCUT2D eigenvalue weighted by Crippen LogP contribution is 2.32. The van der Waals surface area contributed by atoms with Crippen LogP contribution < -0.4 is 0 Å². The molecule has 1 aliphatic rings. The first-order valence-corrected chi connectivity index (χ1v) is 10.0. The number of hydrogen-bond donors (Lipinski definition) is 0. The zero-order chi connectivity index (χ0) is 20.3. The Hall–Kier alpha value is -1.91. The molecule has 1 saturated heterocycles. The van der Waals surface area contributed by atoms with Crippen molar-refractivity contribution in [1.29, 1.82) is 0 Å². The molecule has 0 unspecified atom stereocenters. The van der Waals surface area contributed by atoms with Crippen molar-refractivity contribution in [3.8, 4) is 0 Å². The van der Waals surface area contributed by atoms with Gasteiger partial charge in [0.15, 0.2) is 0 Å². The number of halogens is 2. The second kappa shape index (κ2) is 8.62. The van der Waals surface area contributed by atoms with E-state index < -0.39 is 0 Å². The minimum absolute atomic E-state index is 0.0759. The normalized spacial score (nSPS) is 19.8. The molecule has 5 heteroatoms. The van der Waals surface area contributed by atoms with E-state index in [0.717, 1.165) is 24.0 Å². The number of hydrogen-bond acceptors (Lipinski definition) is 2. The van der Waals surface area contributed by atoms with Gasteiger partial charge in [-0.25, -0.2) is 4.39 Å². The van der Waals surface area contributed by atoms with E-state index >= 15 is 0 Å². The number of carbonyl (C=O) groups is 1.